The van der Waals surface area contributed by atoms with Gasteiger partial charge in [0.05, 0.1) is 0 Å². The molecule has 1 unspecified atom stereocenters. The molecule has 1 fully saturated rings. The summed E-state index contributed by atoms with van der Waals surface area (Å²) in [5.74, 6) is 0. The molecule has 0 heterocycles. The lowest BCUT2D eigenvalue weighted by molar-refractivity contribution is 0.423. The Bertz CT molecular complexity index is 767. The highest BCUT2D eigenvalue weighted by molar-refractivity contribution is 6.30. The van der Waals surface area contributed by atoms with E-state index >= 15 is 0 Å². The van der Waals surface area contributed by atoms with Crippen molar-refractivity contribution in [3.8, 4) is 0 Å². The van der Waals surface area contributed by atoms with Crippen molar-refractivity contribution in [1.82, 2.24) is 0 Å². The van der Waals surface area contributed by atoms with Crippen LogP contribution in [0.1, 0.15) is 54.9 Å². The Morgan fingerprint density at radius 3 is 2.55 bits per heavy atom. The van der Waals surface area contributed by atoms with E-state index in [-0.39, 0.29) is 5.41 Å². The van der Waals surface area contributed by atoms with E-state index in [1.54, 1.807) is 5.57 Å². The van der Waals surface area contributed by atoms with E-state index in [4.69, 9.17) is 11.6 Å². The van der Waals surface area contributed by atoms with E-state index in [1.807, 2.05) is 0 Å². The molecule has 0 saturated heterocycles. The van der Waals surface area contributed by atoms with Gasteiger partial charge in [-0.2, -0.15) is 0 Å². The summed E-state index contributed by atoms with van der Waals surface area (Å²) in [6.45, 7) is 4.57. The molecule has 0 aliphatic heterocycles. The minimum Gasteiger partial charge on any atom is -0.0843 e. The first-order valence-corrected chi connectivity index (χ1v) is 8.58. The summed E-state index contributed by atoms with van der Waals surface area (Å²) in [6, 6.07) is 15.4. The molecular formula is C21H21Cl. The van der Waals surface area contributed by atoms with Crippen LogP contribution in [0.3, 0.4) is 0 Å². The molecule has 2 aromatic carbocycles. The molecule has 0 aromatic heterocycles. The lowest BCUT2D eigenvalue weighted by Gasteiger charge is -2.34. The zero-order chi connectivity index (χ0) is 15.3. The average Bonchev–Trinajstić information content (AvgIpc) is 2.76. The van der Waals surface area contributed by atoms with E-state index in [1.165, 1.54) is 53.5 Å². The van der Waals surface area contributed by atoms with Crippen molar-refractivity contribution < 1.29 is 0 Å². The Balaban J connectivity index is 2.00. The Morgan fingerprint density at radius 1 is 1.00 bits per heavy atom. The predicted octanol–water partition coefficient (Wildman–Crippen LogP) is 6.30. The zero-order valence-electron chi connectivity index (χ0n) is 13.2. The Hall–Kier alpha value is -1.53. The minimum absolute atomic E-state index is 0.207. The van der Waals surface area contributed by atoms with Gasteiger partial charge in [0, 0.05) is 10.4 Å². The summed E-state index contributed by atoms with van der Waals surface area (Å²) in [6.07, 6.45) is 5.10. The molecule has 1 atom stereocenters. The monoisotopic (exact) mass is 308 g/mol. The largest absolute Gasteiger partial charge is 0.0843 e. The van der Waals surface area contributed by atoms with Crippen LogP contribution >= 0.6 is 11.6 Å². The molecule has 0 N–H and O–H groups in total. The van der Waals surface area contributed by atoms with Crippen LogP contribution in [0.15, 0.2) is 48.0 Å². The second-order valence-electron chi connectivity index (χ2n) is 6.95. The first-order chi connectivity index (χ1) is 10.6. The Labute approximate surface area is 137 Å². The van der Waals surface area contributed by atoms with Crippen LogP contribution in [-0.2, 0) is 5.41 Å². The van der Waals surface area contributed by atoms with Crippen LogP contribution in [0.5, 0.6) is 0 Å². The van der Waals surface area contributed by atoms with E-state index in [0.29, 0.717) is 0 Å². The van der Waals surface area contributed by atoms with E-state index in [0.717, 1.165) is 5.02 Å². The molecule has 1 heteroatoms. The van der Waals surface area contributed by atoms with Gasteiger partial charge in [0.2, 0.25) is 0 Å². The molecule has 2 aliphatic rings. The van der Waals surface area contributed by atoms with E-state index in [9.17, 15) is 0 Å². The smallest absolute Gasteiger partial charge is 0.0412 e. The molecular weight excluding hydrogens is 288 g/mol. The van der Waals surface area contributed by atoms with Gasteiger partial charge in [-0.25, -0.2) is 0 Å². The minimum atomic E-state index is 0.207. The highest BCUT2D eigenvalue weighted by Crippen LogP contribution is 2.55. The normalized spacial score (nSPS) is 23.4. The van der Waals surface area contributed by atoms with Gasteiger partial charge in [0.1, 0.15) is 0 Å². The van der Waals surface area contributed by atoms with Crippen molar-refractivity contribution >= 4 is 17.2 Å². The van der Waals surface area contributed by atoms with Gasteiger partial charge in [-0.15, -0.1) is 0 Å². The molecule has 22 heavy (non-hydrogen) atoms. The number of hydrogen-bond acceptors (Lipinski definition) is 0. The van der Waals surface area contributed by atoms with Crippen molar-refractivity contribution in [2.75, 3.05) is 0 Å². The fourth-order valence-corrected chi connectivity index (χ4v) is 4.49. The van der Waals surface area contributed by atoms with Gasteiger partial charge in [0.15, 0.2) is 0 Å². The van der Waals surface area contributed by atoms with E-state index < -0.39 is 0 Å². The number of benzene rings is 2. The third-order valence-electron chi connectivity index (χ3n) is 5.51. The highest BCUT2D eigenvalue weighted by Gasteiger charge is 2.42. The standard InChI is InChI=1S/C21H21Cl/c1-14-6-8-15(9-7-14)20-17-13-16(22)10-11-18(17)21(2)12-4-3-5-19(20)21/h6-11,13H,3-5,12H2,1-2H3. The lowest BCUT2D eigenvalue weighted by Crippen LogP contribution is -2.25. The van der Waals surface area contributed by atoms with Crippen LogP contribution < -0.4 is 0 Å². The Kier molecular flexibility index (Phi) is 3.20. The third kappa shape index (κ3) is 1.97. The van der Waals surface area contributed by atoms with E-state index in [2.05, 4.69) is 56.3 Å². The van der Waals surface area contributed by atoms with Gasteiger partial charge in [-0.05, 0) is 60.6 Å². The van der Waals surface area contributed by atoms with Gasteiger partial charge in [-0.3, -0.25) is 0 Å². The number of halogens is 1. The average molecular weight is 309 g/mol. The van der Waals surface area contributed by atoms with Crippen LogP contribution in [-0.4, -0.2) is 0 Å². The number of rotatable bonds is 1. The van der Waals surface area contributed by atoms with Crippen molar-refractivity contribution in [1.29, 1.82) is 0 Å². The second kappa shape index (κ2) is 4.99. The maximum Gasteiger partial charge on any atom is 0.0412 e. The summed E-state index contributed by atoms with van der Waals surface area (Å²) in [4.78, 5) is 0. The summed E-state index contributed by atoms with van der Waals surface area (Å²) >= 11 is 6.32. The molecule has 4 rings (SSSR count). The molecule has 0 nitrogen and oxygen atoms in total. The maximum atomic E-state index is 6.32. The van der Waals surface area contributed by atoms with Crippen LogP contribution in [0.2, 0.25) is 5.02 Å². The molecule has 0 bridgehead atoms. The predicted molar refractivity (Wildman–Crippen MR) is 94.5 cm³/mol. The molecule has 112 valence electrons. The molecule has 0 spiro atoms. The first-order valence-electron chi connectivity index (χ1n) is 8.21. The maximum absolute atomic E-state index is 6.32. The molecule has 0 amide bonds. The SMILES string of the molecule is Cc1ccc(C2=C3CCCCC3(C)c3ccc(Cl)cc32)cc1. The summed E-state index contributed by atoms with van der Waals surface area (Å²) in [5, 5.41) is 0.839. The lowest BCUT2D eigenvalue weighted by atomic mass is 9.70. The van der Waals surface area contributed by atoms with Crippen LogP contribution in [0.4, 0.5) is 0 Å². The molecule has 1 saturated carbocycles. The second-order valence-corrected chi connectivity index (χ2v) is 7.39. The van der Waals surface area contributed by atoms with Gasteiger partial charge >= 0.3 is 0 Å². The molecule has 0 radical (unpaired) electrons. The highest BCUT2D eigenvalue weighted by atomic mass is 35.5. The van der Waals surface area contributed by atoms with Gasteiger partial charge < -0.3 is 0 Å². The van der Waals surface area contributed by atoms with Crippen LogP contribution in [0, 0.1) is 6.92 Å². The Morgan fingerprint density at radius 2 is 1.77 bits per heavy atom. The summed E-state index contributed by atoms with van der Waals surface area (Å²) in [5.41, 5.74) is 8.76. The topological polar surface area (TPSA) is 0 Å². The van der Waals surface area contributed by atoms with Gasteiger partial charge in [-0.1, -0.05) is 66.4 Å². The number of hydrogen-bond donors (Lipinski definition) is 0. The van der Waals surface area contributed by atoms with Crippen molar-refractivity contribution in [3.63, 3.8) is 0 Å². The molecule has 2 aliphatic carbocycles. The zero-order valence-corrected chi connectivity index (χ0v) is 14.0. The summed E-state index contributed by atoms with van der Waals surface area (Å²) in [7, 11) is 0. The van der Waals surface area contributed by atoms with Gasteiger partial charge in [0.25, 0.3) is 0 Å². The number of aryl methyl sites for hydroxylation is 1. The van der Waals surface area contributed by atoms with Crippen molar-refractivity contribution in [3.05, 3.63) is 75.3 Å². The fourth-order valence-electron chi connectivity index (χ4n) is 4.32. The van der Waals surface area contributed by atoms with Crippen LogP contribution in [0.25, 0.3) is 5.57 Å². The molecule has 2 aromatic rings. The van der Waals surface area contributed by atoms with Crippen molar-refractivity contribution in [2.24, 2.45) is 0 Å². The first kappa shape index (κ1) is 14.1. The third-order valence-corrected chi connectivity index (χ3v) is 5.74. The fraction of sp³-hybridized carbons (Fsp3) is 0.333. The summed E-state index contributed by atoms with van der Waals surface area (Å²) < 4.78 is 0. The number of allylic oxidation sites excluding steroid dienone is 1. The quantitative estimate of drug-likeness (QED) is 0.580. The number of fused-ring (bicyclic) bond motifs is 3. The van der Waals surface area contributed by atoms with Crippen molar-refractivity contribution in [2.45, 2.75) is 44.9 Å².